The number of anilines is 1. The molecule has 8 nitrogen and oxygen atoms in total. The first-order chi connectivity index (χ1) is 12.3. The molecular formula is C16H18FN5O3S. The highest BCUT2D eigenvalue weighted by molar-refractivity contribution is 7.89. The lowest BCUT2D eigenvalue weighted by molar-refractivity contribution is 0.0928. The second kappa shape index (κ2) is 7.34. The number of halogens is 1. The van der Waals surface area contributed by atoms with Gasteiger partial charge in [0.1, 0.15) is 5.82 Å². The molecule has 0 aliphatic carbocycles. The van der Waals surface area contributed by atoms with Gasteiger partial charge in [-0.3, -0.25) is 4.79 Å². The van der Waals surface area contributed by atoms with Crippen molar-refractivity contribution >= 4 is 21.9 Å². The summed E-state index contributed by atoms with van der Waals surface area (Å²) < 4.78 is 36.8. The predicted molar refractivity (Wildman–Crippen MR) is 92.5 cm³/mol. The van der Waals surface area contributed by atoms with Crippen LogP contribution in [-0.4, -0.2) is 43.4 Å². The summed E-state index contributed by atoms with van der Waals surface area (Å²) >= 11 is 0. The average Bonchev–Trinajstić information content (AvgIpc) is 2.62. The number of primary sulfonamides is 1. The molecule has 1 fully saturated rings. The highest BCUT2D eigenvalue weighted by Gasteiger charge is 2.25. The van der Waals surface area contributed by atoms with Crippen molar-refractivity contribution in [2.75, 3.05) is 18.0 Å². The third-order valence-electron chi connectivity index (χ3n) is 4.10. The van der Waals surface area contributed by atoms with Gasteiger partial charge in [-0.1, -0.05) is 0 Å². The van der Waals surface area contributed by atoms with Crippen LogP contribution in [-0.2, 0) is 10.0 Å². The second-order valence-electron chi connectivity index (χ2n) is 5.99. The van der Waals surface area contributed by atoms with Gasteiger partial charge in [-0.2, -0.15) is 0 Å². The van der Waals surface area contributed by atoms with Crippen molar-refractivity contribution in [3.8, 4) is 0 Å². The van der Waals surface area contributed by atoms with Crippen LogP contribution in [0, 0.1) is 5.82 Å². The minimum absolute atomic E-state index is 0.238. The fraction of sp³-hybridized carbons (Fsp3) is 0.312. The molecule has 138 valence electrons. The maximum Gasteiger partial charge on any atom is 0.254 e. The van der Waals surface area contributed by atoms with E-state index < -0.39 is 21.7 Å². The summed E-state index contributed by atoms with van der Waals surface area (Å²) in [6, 6.07) is 4.36. The van der Waals surface area contributed by atoms with Crippen LogP contribution in [0.3, 0.4) is 0 Å². The molecule has 0 unspecified atom stereocenters. The number of hydrogen-bond acceptors (Lipinski definition) is 6. The minimum Gasteiger partial charge on any atom is -0.347 e. The van der Waals surface area contributed by atoms with Crippen molar-refractivity contribution in [2.45, 2.75) is 23.8 Å². The number of sulfonamides is 1. The fourth-order valence-electron chi connectivity index (χ4n) is 2.85. The van der Waals surface area contributed by atoms with E-state index in [1.165, 1.54) is 0 Å². The Morgan fingerprint density at radius 3 is 2.73 bits per heavy atom. The van der Waals surface area contributed by atoms with Crippen LogP contribution in [0.15, 0.2) is 41.6 Å². The average molecular weight is 379 g/mol. The molecule has 1 atom stereocenters. The van der Waals surface area contributed by atoms with Crippen molar-refractivity contribution in [2.24, 2.45) is 5.14 Å². The van der Waals surface area contributed by atoms with E-state index in [4.69, 9.17) is 5.14 Å². The molecule has 0 saturated carbocycles. The third kappa shape index (κ3) is 4.14. The zero-order valence-corrected chi connectivity index (χ0v) is 14.6. The van der Waals surface area contributed by atoms with Crippen LogP contribution in [0.2, 0.25) is 0 Å². The summed E-state index contributed by atoms with van der Waals surface area (Å²) in [5.41, 5.74) is -0.357. The number of nitrogens with zero attached hydrogens (tertiary/aromatic N) is 3. The number of carbonyl (C=O) groups is 1. The zero-order chi connectivity index (χ0) is 18.7. The molecule has 1 aromatic heterocycles. The van der Waals surface area contributed by atoms with Crippen molar-refractivity contribution in [1.82, 2.24) is 15.3 Å². The number of nitrogens with one attached hydrogen (secondary N) is 1. The van der Waals surface area contributed by atoms with Gasteiger partial charge in [-0.15, -0.1) is 0 Å². The quantitative estimate of drug-likeness (QED) is 0.806. The van der Waals surface area contributed by atoms with Crippen molar-refractivity contribution < 1.29 is 17.6 Å². The maximum atomic E-state index is 14.0. The zero-order valence-electron chi connectivity index (χ0n) is 13.8. The summed E-state index contributed by atoms with van der Waals surface area (Å²) in [5, 5.41) is 7.78. The number of hydrogen-bond donors (Lipinski definition) is 2. The Kier molecular flexibility index (Phi) is 5.14. The van der Waals surface area contributed by atoms with Crippen molar-refractivity contribution in [3.63, 3.8) is 0 Å². The third-order valence-corrected chi connectivity index (χ3v) is 5.01. The molecule has 2 heterocycles. The molecule has 10 heteroatoms. The molecule has 1 aliphatic heterocycles. The van der Waals surface area contributed by atoms with Crippen LogP contribution in [0.1, 0.15) is 23.2 Å². The number of rotatable bonds is 4. The van der Waals surface area contributed by atoms with E-state index >= 15 is 0 Å². The maximum absolute atomic E-state index is 14.0. The Labute approximate surface area is 150 Å². The van der Waals surface area contributed by atoms with Gasteiger partial charge in [0.15, 0.2) is 0 Å². The fourth-order valence-corrected chi connectivity index (χ4v) is 3.39. The molecule has 3 N–H and O–H groups in total. The second-order valence-corrected chi connectivity index (χ2v) is 7.56. The number of benzene rings is 1. The van der Waals surface area contributed by atoms with Crippen molar-refractivity contribution in [1.29, 1.82) is 0 Å². The highest BCUT2D eigenvalue weighted by Crippen LogP contribution is 2.18. The SMILES string of the molecule is NS(=O)(=O)c1ccc(F)c(C(=O)N[C@@H]2CCCN(c3ncccn3)C2)c1. The van der Waals surface area contributed by atoms with Gasteiger partial charge in [0.2, 0.25) is 16.0 Å². The lowest BCUT2D eigenvalue weighted by Crippen LogP contribution is -2.48. The van der Waals surface area contributed by atoms with Gasteiger partial charge in [-0.05, 0) is 37.1 Å². The summed E-state index contributed by atoms with van der Waals surface area (Å²) in [6.07, 6.45) is 4.80. The largest absolute Gasteiger partial charge is 0.347 e. The molecule has 1 amide bonds. The Bertz CT molecular complexity index is 907. The Morgan fingerprint density at radius 1 is 1.31 bits per heavy atom. The number of carbonyl (C=O) groups excluding carboxylic acids is 1. The van der Waals surface area contributed by atoms with Gasteiger partial charge >= 0.3 is 0 Å². The smallest absolute Gasteiger partial charge is 0.254 e. The molecule has 1 saturated heterocycles. The molecule has 0 bridgehead atoms. The Balaban J connectivity index is 1.74. The number of piperidine rings is 1. The van der Waals surface area contributed by atoms with E-state index in [2.05, 4.69) is 15.3 Å². The van der Waals surface area contributed by atoms with E-state index in [1.807, 2.05) is 4.90 Å². The Morgan fingerprint density at radius 2 is 2.04 bits per heavy atom. The van der Waals surface area contributed by atoms with E-state index in [-0.39, 0.29) is 16.5 Å². The first kappa shape index (κ1) is 18.2. The van der Waals surface area contributed by atoms with Crippen molar-refractivity contribution in [3.05, 3.63) is 48.0 Å². The van der Waals surface area contributed by atoms with Crippen LogP contribution < -0.4 is 15.4 Å². The molecule has 0 radical (unpaired) electrons. The first-order valence-electron chi connectivity index (χ1n) is 8.00. The number of aromatic nitrogens is 2. The minimum atomic E-state index is -4.02. The first-order valence-corrected chi connectivity index (χ1v) is 9.54. The van der Waals surface area contributed by atoms with Crippen LogP contribution in [0.4, 0.5) is 10.3 Å². The van der Waals surface area contributed by atoms with E-state index in [0.29, 0.717) is 18.9 Å². The topological polar surface area (TPSA) is 118 Å². The molecule has 3 rings (SSSR count). The van der Waals surface area contributed by atoms with E-state index in [0.717, 1.165) is 31.2 Å². The van der Waals surface area contributed by atoms with Crippen LogP contribution in [0.5, 0.6) is 0 Å². The lowest BCUT2D eigenvalue weighted by atomic mass is 10.1. The molecule has 2 aromatic rings. The summed E-state index contributed by atoms with van der Waals surface area (Å²) in [7, 11) is -4.02. The van der Waals surface area contributed by atoms with E-state index in [9.17, 15) is 17.6 Å². The van der Waals surface area contributed by atoms with Crippen LogP contribution in [0.25, 0.3) is 0 Å². The number of amides is 1. The van der Waals surface area contributed by atoms with Gasteiger partial charge in [-0.25, -0.2) is 27.9 Å². The summed E-state index contributed by atoms with van der Waals surface area (Å²) in [5.74, 6) is -0.934. The van der Waals surface area contributed by atoms with Gasteiger partial charge < -0.3 is 10.2 Å². The standard InChI is InChI=1S/C16H18FN5O3S/c17-14-5-4-12(26(18,24)25)9-13(14)15(23)21-11-3-1-8-22(10-11)16-19-6-2-7-20-16/h2,4-7,9,11H,1,3,8,10H2,(H,21,23)(H2,18,24,25)/t11-/m1/s1. The predicted octanol–water partition coefficient (Wildman–Crippen LogP) is 0.662. The van der Waals surface area contributed by atoms with Gasteiger partial charge in [0, 0.05) is 31.5 Å². The highest BCUT2D eigenvalue weighted by atomic mass is 32.2. The lowest BCUT2D eigenvalue weighted by Gasteiger charge is -2.33. The summed E-state index contributed by atoms with van der Waals surface area (Å²) in [6.45, 7) is 1.23. The monoisotopic (exact) mass is 379 g/mol. The van der Waals surface area contributed by atoms with Crippen LogP contribution >= 0.6 is 0 Å². The molecule has 1 aliphatic rings. The molecule has 26 heavy (non-hydrogen) atoms. The number of nitrogens with two attached hydrogens (primary N) is 1. The Hall–Kier alpha value is -2.59. The molecular weight excluding hydrogens is 361 g/mol. The van der Waals surface area contributed by atoms with Gasteiger partial charge in [0.05, 0.1) is 10.5 Å². The molecule has 0 spiro atoms. The molecule has 1 aromatic carbocycles. The normalized spacial score (nSPS) is 17.8. The van der Waals surface area contributed by atoms with E-state index in [1.54, 1.807) is 18.5 Å². The summed E-state index contributed by atoms with van der Waals surface area (Å²) in [4.78, 5) is 22.4. The van der Waals surface area contributed by atoms with Gasteiger partial charge in [0.25, 0.3) is 5.91 Å².